The molecular formula is C6H9ClN2O3S2. The molecule has 1 rings (SSSR count). The molecule has 0 saturated carbocycles. The Kier molecular flexibility index (Phi) is 3.85. The van der Waals surface area contributed by atoms with Crippen molar-refractivity contribution in [3.05, 3.63) is 10.7 Å². The zero-order valence-electron chi connectivity index (χ0n) is 7.27. The van der Waals surface area contributed by atoms with Crippen LogP contribution in [0, 0.1) is 0 Å². The van der Waals surface area contributed by atoms with E-state index in [4.69, 9.17) is 16.7 Å². The van der Waals surface area contributed by atoms with Crippen LogP contribution in [0.25, 0.3) is 0 Å². The number of aromatic nitrogens is 1. The molecule has 0 spiro atoms. The monoisotopic (exact) mass is 256 g/mol. The number of aliphatic hydroxyl groups is 1. The second-order valence-electron chi connectivity index (χ2n) is 2.63. The number of aliphatic hydroxyl groups excluding tert-OH is 1. The van der Waals surface area contributed by atoms with E-state index in [0.717, 1.165) is 11.3 Å². The standard InChI is InChI=1S/C6H9ClN2O3S2/c1-4(10)2-9-14(11,12)5-3-8-6(7)13-5/h3-4,9-10H,2H2,1H3/t4-/m1/s1. The Hall–Kier alpha value is -0.210. The zero-order valence-corrected chi connectivity index (χ0v) is 9.66. The molecule has 0 bridgehead atoms. The largest absolute Gasteiger partial charge is 0.392 e. The smallest absolute Gasteiger partial charge is 0.251 e. The molecule has 0 aliphatic rings. The van der Waals surface area contributed by atoms with Gasteiger partial charge >= 0.3 is 0 Å². The summed E-state index contributed by atoms with van der Waals surface area (Å²) in [6, 6.07) is 0. The fourth-order valence-corrected chi connectivity index (χ4v) is 3.12. The maximum absolute atomic E-state index is 11.4. The van der Waals surface area contributed by atoms with Crippen LogP contribution in [0.1, 0.15) is 6.92 Å². The van der Waals surface area contributed by atoms with Crippen LogP contribution in [0.15, 0.2) is 10.4 Å². The first-order valence-electron chi connectivity index (χ1n) is 3.71. The van der Waals surface area contributed by atoms with E-state index >= 15 is 0 Å². The summed E-state index contributed by atoms with van der Waals surface area (Å²) in [5, 5.41) is 8.90. The first-order valence-corrected chi connectivity index (χ1v) is 6.38. The normalized spacial score (nSPS) is 14.2. The molecule has 0 aliphatic heterocycles. The van der Waals surface area contributed by atoms with Crippen molar-refractivity contribution in [2.75, 3.05) is 6.54 Å². The second kappa shape index (κ2) is 4.54. The van der Waals surface area contributed by atoms with Crippen LogP contribution in [0.3, 0.4) is 0 Å². The number of nitrogens with one attached hydrogen (secondary N) is 1. The van der Waals surface area contributed by atoms with E-state index in [1.807, 2.05) is 0 Å². The third kappa shape index (κ3) is 3.18. The van der Waals surface area contributed by atoms with Crippen LogP contribution in [-0.2, 0) is 10.0 Å². The van der Waals surface area contributed by atoms with Gasteiger partial charge in [-0.2, -0.15) is 0 Å². The van der Waals surface area contributed by atoms with Crippen molar-refractivity contribution in [2.45, 2.75) is 17.2 Å². The topological polar surface area (TPSA) is 79.3 Å². The van der Waals surface area contributed by atoms with Gasteiger partial charge in [-0.3, -0.25) is 0 Å². The summed E-state index contributed by atoms with van der Waals surface area (Å²) >= 11 is 6.36. The summed E-state index contributed by atoms with van der Waals surface area (Å²) in [5.74, 6) is 0. The number of hydrogen-bond donors (Lipinski definition) is 2. The molecule has 80 valence electrons. The number of sulfonamides is 1. The fourth-order valence-electron chi connectivity index (χ4n) is 0.665. The molecule has 1 heterocycles. The van der Waals surface area contributed by atoms with Crippen LogP contribution in [0.5, 0.6) is 0 Å². The second-order valence-corrected chi connectivity index (χ2v) is 6.24. The third-order valence-electron chi connectivity index (χ3n) is 1.29. The van der Waals surface area contributed by atoms with Gasteiger partial charge in [0.2, 0.25) is 0 Å². The van der Waals surface area contributed by atoms with Crippen LogP contribution in [0.2, 0.25) is 4.47 Å². The van der Waals surface area contributed by atoms with Crippen molar-refractivity contribution >= 4 is 33.0 Å². The lowest BCUT2D eigenvalue weighted by atomic mass is 10.4. The Balaban J connectivity index is 2.76. The molecule has 0 radical (unpaired) electrons. The van der Waals surface area contributed by atoms with Gasteiger partial charge in [-0.25, -0.2) is 18.1 Å². The number of nitrogens with zero attached hydrogens (tertiary/aromatic N) is 1. The zero-order chi connectivity index (χ0) is 10.8. The summed E-state index contributed by atoms with van der Waals surface area (Å²) in [4.78, 5) is 3.61. The highest BCUT2D eigenvalue weighted by atomic mass is 35.5. The van der Waals surface area contributed by atoms with Gasteiger partial charge in [0.15, 0.2) is 8.68 Å². The van der Waals surface area contributed by atoms with Crippen molar-refractivity contribution in [3.8, 4) is 0 Å². The predicted octanol–water partition coefficient (Wildman–Crippen LogP) is 0.456. The van der Waals surface area contributed by atoms with Gasteiger partial charge in [0, 0.05) is 6.54 Å². The molecule has 0 aliphatic carbocycles. The Morgan fingerprint density at radius 3 is 2.86 bits per heavy atom. The molecule has 5 nitrogen and oxygen atoms in total. The first kappa shape index (κ1) is 11.9. The molecule has 0 aromatic carbocycles. The molecule has 0 unspecified atom stereocenters. The lowest BCUT2D eigenvalue weighted by molar-refractivity contribution is 0.198. The molecule has 2 N–H and O–H groups in total. The van der Waals surface area contributed by atoms with E-state index in [0.29, 0.717) is 0 Å². The van der Waals surface area contributed by atoms with Crippen molar-refractivity contribution in [1.82, 2.24) is 9.71 Å². The van der Waals surface area contributed by atoms with Gasteiger partial charge in [-0.15, -0.1) is 0 Å². The van der Waals surface area contributed by atoms with Crippen molar-refractivity contribution in [3.63, 3.8) is 0 Å². The van der Waals surface area contributed by atoms with Crippen LogP contribution < -0.4 is 4.72 Å². The first-order chi connectivity index (χ1) is 6.42. The van der Waals surface area contributed by atoms with Gasteiger partial charge in [-0.05, 0) is 6.92 Å². The lowest BCUT2D eigenvalue weighted by Crippen LogP contribution is -2.30. The number of rotatable bonds is 4. The maximum Gasteiger partial charge on any atom is 0.251 e. The van der Waals surface area contributed by atoms with Gasteiger partial charge in [0.05, 0.1) is 12.3 Å². The molecule has 0 amide bonds. The number of hydrogen-bond acceptors (Lipinski definition) is 5. The minimum atomic E-state index is -3.57. The minimum Gasteiger partial charge on any atom is -0.392 e. The summed E-state index contributed by atoms with van der Waals surface area (Å²) < 4.78 is 25.3. The summed E-state index contributed by atoms with van der Waals surface area (Å²) in [6.45, 7) is 1.46. The molecule has 1 aromatic rings. The molecule has 0 fully saturated rings. The average molecular weight is 257 g/mol. The highest BCUT2D eigenvalue weighted by Crippen LogP contribution is 2.21. The van der Waals surface area contributed by atoms with Gasteiger partial charge in [0.1, 0.15) is 0 Å². The fraction of sp³-hybridized carbons (Fsp3) is 0.500. The lowest BCUT2D eigenvalue weighted by Gasteiger charge is -2.05. The summed E-state index contributed by atoms with van der Waals surface area (Å²) in [7, 11) is -3.57. The molecule has 0 saturated heterocycles. The highest BCUT2D eigenvalue weighted by Gasteiger charge is 2.17. The van der Waals surface area contributed by atoms with Gasteiger partial charge in [-0.1, -0.05) is 22.9 Å². The highest BCUT2D eigenvalue weighted by molar-refractivity contribution is 7.91. The van der Waals surface area contributed by atoms with Gasteiger partial charge < -0.3 is 5.11 Å². The predicted molar refractivity (Wildman–Crippen MR) is 54.0 cm³/mol. The Morgan fingerprint density at radius 2 is 2.43 bits per heavy atom. The van der Waals surface area contributed by atoms with Crippen LogP contribution in [-0.4, -0.2) is 31.2 Å². The minimum absolute atomic E-state index is 0.0299. The van der Waals surface area contributed by atoms with Crippen molar-refractivity contribution in [1.29, 1.82) is 0 Å². The maximum atomic E-state index is 11.4. The van der Waals surface area contributed by atoms with E-state index in [1.54, 1.807) is 0 Å². The van der Waals surface area contributed by atoms with E-state index in [1.165, 1.54) is 13.1 Å². The van der Waals surface area contributed by atoms with E-state index < -0.39 is 16.1 Å². The summed E-state index contributed by atoms with van der Waals surface area (Å²) in [6.07, 6.45) is 0.449. The van der Waals surface area contributed by atoms with Crippen molar-refractivity contribution in [2.24, 2.45) is 0 Å². The molecular weight excluding hydrogens is 248 g/mol. The van der Waals surface area contributed by atoms with E-state index in [-0.39, 0.29) is 15.2 Å². The van der Waals surface area contributed by atoms with E-state index in [9.17, 15) is 8.42 Å². The Labute approximate surface area is 90.8 Å². The third-order valence-corrected chi connectivity index (χ3v) is 4.29. The molecule has 8 heteroatoms. The quantitative estimate of drug-likeness (QED) is 0.820. The molecule has 1 atom stereocenters. The van der Waals surface area contributed by atoms with E-state index in [2.05, 4.69) is 9.71 Å². The van der Waals surface area contributed by atoms with Crippen molar-refractivity contribution < 1.29 is 13.5 Å². The van der Waals surface area contributed by atoms with Gasteiger partial charge in [0.25, 0.3) is 10.0 Å². The number of halogens is 1. The molecule has 14 heavy (non-hydrogen) atoms. The summed E-state index contributed by atoms with van der Waals surface area (Å²) in [5.41, 5.74) is 0. The SMILES string of the molecule is C[C@@H](O)CNS(=O)(=O)c1cnc(Cl)s1. The Bertz CT molecular complexity index is 401. The number of thiazole rings is 1. The average Bonchev–Trinajstić information content (AvgIpc) is 2.49. The Morgan fingerprint density at radius 1 is 1.79 bits per heavy atom. The van der Waals surface area contributed by atoms with Crippen LogP contribution in [0.4, 0.5) is 0 Å². The van der Waals surface area contributed by atoms with Crippen LogP contribution >= 0.6 is 22.9 Å². The molecule has 1 aromatic heterocycles.